The lowest BCUT2D eigenvalue weighted by Gasteiger charge is -2.02. The van der Waals surface area contributed by atoms with Crippen LogP contribution in [0.25, 0.3) is 38.7 Å². The molecule has 0 bridgehead atoms. The van der Waals surface area contributed by atoms with Crippen LogP contribution in [0.3, 0.4) is 0 Å². The zero-order valence-electron chi connectivity index (χ0n) is 17.1. The second kappa shape index (κ2) is 7.03. The van der Waals surface area contributed by atoms with E-state index in [2.05, 4.69) is 53.6 Å². The molecule has 0 amide bonds. The zero-order valence-corrected chi connectivity index (χ0v) is 17.1. The third-order valence-corrected chi connectivity index (χ3v) is 5.66. The molecule has 1 aliphatic heterocycles. The Kier molecular flexibility index (Phi) is 4.03. The molecule has 31 heavy (non-hydrogen) atoms. The molecule has 0 saturated carbocycles. The summed E-state index contributed by atoms with van der Waals surface area (Å²) in [4.78, 5) is 4.67. The van der Waals surface area contributed by atoms with Crippen molar-refractivity contribution in [2.75, 3.05) is 5.32 Å². The van der Waals surface area contributed by atoms with Gasteiger partial charge < -0.3 is 14.5 Å². The molecule has 0 aliphatic carbocycles. The minimum atomic E-state index is 0.597. The molecule has 0 unspecified atom stereocenters. The van der Waals surface area contributed by atoms with Crippen LogP contribution in [0, 0.1) is 0 Å². The summed E-state index contributed by atoms with van der Waals surface area (Å²) in [6.07, 6.45) is 4.82. The largest absolute Gasteiger partial charge is 0.439 e. The number of allylic oxidation sites excluding steroid dienone is 2. The van der Waals surface area contributed by atoms with Gasteiger partial charge in [0.2, 0.25) is 5.89 Å². The van der Waals surface area contributed by atoms with Gasteiger partial charge in [0.1, 0.15) is 5.52 Å². The van der Waals surface area contributed by atoms with Gasteiger partial charge in [0.15, 0.2) is 17.2 Å². The predicted octanol–water partition coefficient (Wildman–Crippen LogP) is 7.27. The van der Waals surface area contributed by atoms with Crippen LogP contribution in [0.5, 0.6) is 5.75 Å². The normalized spacial score (nSPS) is 14.9. The van der Waals surface area contributed by atoms with Gasteiger partial charge >= 0.3 is 0 Å². The Morgan fingerprint density at radius 3 is 2.55 bits per heavy atom. The van der Waals surface area contributed by atoms with Gasteiger partial charge in [-0.05, 0) is 46.4 Å². The average Bonchev–Trinajstić information content (AvgIpc) is 3.39. The van der Waals surface area contributed by atoms with Crippen LogP contribution in [0.15, 0.2) is 94.7 Å². The highest BCUT2D eigenvalue weighted by molar-refractivity contribution is 5.98. The van der Waals surface area contributed by atoms with Gasteiger partial charge in [-0.25, -0.2) is 4.98 Å². The fourth-order valence-corrected chi connectivity index (χ4v) is 4.06. The second-order valence-corrected chi connectivity index (χ2v) is 7.69. The Hall–Kier alpha value is -4.05. The van der Waals surface area contributed by atoms with Crippen LogP contribution in [0.4, 0.5) is 5.69 Å². The molecule has 1 N–H and O–H groups in total. The van der Waals surface area contributed by atoms with E-state index in [0.717, 1.165) is 50.7 Å². The molecule has 0 saturated heterocycles. The molecular weight excluding hydrogens is 384 g/mol. The van der Waals surface area contributed by atoms with E-state index in [1.807, 2.05) is 48.6 Å². The summed E-state index contributed by atoms with van der Waals surface area (Å²) < 4.78 is 12.1. The van der Waals surface area contributed by atoms with Crippen LogP contribution in [-0.2, 0) is 0 Å². The van der Waals surface area contributed by atoms with Crippen molar-refractivity contribution in [1.82, 2.24) is 4.98 Å². The summed E-state index contributed by atoms with van der Waals surface area (Å²) in [6, 6.07) is 24.7. The first-order chi connectivity index (χ1) is 15.3. The quantitative estimate of drug-likeness (QED) is 0.343. The molecule has 5 aromatic rings. The van der Waals surface area contributed by atoms with Crippen molar-refractivity contribution in [3.8, 4) is 5.75 Å². The summed E-state index contributed by atoms with van der Waals surface area (Å²) in [5.41, 5.74) is 3.73. The molecule has 4 aromatic carbocycles. The van der Waals surface area contributed by atoms with Crippen LogP contribution in [-0.4, -0.2) is 4.98 Å². The van der Waals surface area contributed by atoms with Gasteiger partial charge in [0.05, 0.1) is 5.69 Å². The monoisotopic (exact) mass is 404 g/mol. The van der Waals surface area contributed by atoms with Crippen molar-refractivity contribution < 1.29 is 9.15 Å². The van der Waals surface area contributed by atoms with Crippen molar-refractivity contribution in [3.63, 3.8) is 0 Å². The minimum Gasteiger partial charge on any atom is -0.439 e. The lowest BCUT2D eigenvalue weighted by molar-refractivity contribution is 0.456. The van der Waals surface area contributed by atoms with Gasteiger partial charge in [0, 0.05) is 17.5 Å². The van der Waals surface area contributed by atoms with Gasteiger partial charge in [-0.15, -0.1) is 0 Å². The van der Waals surface area contributed by atoms with E-state index >= 15 is 0 Å². The first kappa shape index (κ1) is 17.8. The third-order valence-electron chi connectivity index (χ3n) is 5.66. The first-order valence-electron chi connectivity index (χ1n) is 10.4. The number of fused-ring (bicyclic) bond motifs is 5. The van der Waals surface area contributed by atoms with Crippen LogP contribution in [0.2, 0.25) is 0 Å². The van der Waals surface area contributed by atoms with Crippen LogP contribution < -0.4 is 10.1 Å². The van der Waals surface area contributed by atoms with Gasteiger partial charge in [0.25, 0.3) is 0 Å². The highest BCUT2D eigenvalue weighted by atomic mass is 16.5. The Balaban J connectivity index is 1.35. The van der Waals surface area contributed by atoms with Crippen molar-refractivity contribution in [2.45, 2.75) is 13.3 Å². The molecule has 6 rings (SSSR count). The third kappa shape index (κ3) is 3.13. The van der Waals surface area contributed by atoms with Crippen LogP contribution >= 0.6 is 0 Å². The lowest BCUT2D eigenvalue weighted by atomic mass is 10.1. The summed E-state index contributed by atoms with van der Waals surface area (Å²) in [5.74, 6) is 2.15. The maximum absolute atomic E-state index is 6.05. The Morgan fingerprint density at radius 1 is 0.935 bits per heavy atom. The fraction of sp³-hybridized carbons (Fsp3) is 0.0741. The summed E-state index contributed by atoms with van der Waals surface area (Å²) in [6.45, 7) is 2.11. The molecule has 150 valence electrons. The molecule has 4 heteroatoms. The standard InChI is InChI=1S/C27H20N2O2/c1-2-17(13-25-28-22-15-19-8-3-4-9-20(19)16-24(22)31-25)14-26-29-27-21-10-6-5-7-18(21)11-12-23(27)30-26/h3-16,29H,2H2,1H3/b17-13-,26-14?. The van der Waals surface area contributed by atoms with E-state index in [4.69, 9.17) is 9.15 Å². The number of ether oxygens (including phenoxy) is 1. The number of oxazole rings is 1. The Morgan fingerprint density at radius 2 is 1.71 bits per heavy atom. The van der Waals surface area contributed by atoms with E-state index in [1.54, 1.807) is 0 Å². The molecule has 0 spiro atoms. The smallest absolute Gasteiger partial charge is 0.220 e. The van der Waals surface area contributed by atoms with E-state index in [-0.39, 0.29) is 0 Å². The SMILES string of the molecule is CC/C(C=C1Nc2c(ccc3ccccc23)O1)=C/c1nc2cc3ccccc3cc2o1. The van der Waals surface area contributed by atoms with Crippen LogP contribution in [0.1, 0.15) is 19.2 Å². The Bertz CT molecular complexity index is 1470. The molecule has 0 radical (unpaired) electrons. The summed E-state index contributed by atoms with van der Waals surface area (Å²) in [7, 11) is 0. The maximum atomic E-state index is 6.05. The average molecular weight is 404 g/mol. The predicted molar refractivity (Wildman–Crippen MR) is 126 cm³/mol. The minimum absolute atomic E-state index is 0.597. The number of nitrogens with zero attached hydrogens (tertiary/aromatic N) is 1. The second-order valence-electron chi connectivity index (χ2n) is 7.69. The summed E-state index contributed by atoms with van der Waals surface area (Å²) >= 11 is 0. The van der Waals surface area contributed by atoms with Crippen molar-refractivity contribution >= 4 is 44.4 Å². The molecular formula is C27H20N2O2. The lowest BCUT2D eigenvalue weighted by Crippen LogP contribution is -1.97. The number of anilines is 1. The molecule has 0 atom stereocenters. The van der Waals surface area contributed by atoms with Gasteiger partial charge in [-0.2, -0.15) is 0 Å². The topological polar surface area (TPSA) is 47.3 Å². The molecule has 1 aliphatic rings. The summed E-state index contributed by atoms with van der Waals surface area (Å²) in [5, 5.41) is 8.06. The number of rotatable bonds is 3. The number of nitrogens with one attached hydrogen (secondary N) is 1. The highest BCUT2D eigenvalue weighted by Crippen LogP contribution is 2.39. The van der Waals surface area contributed by atoms with Crippen molar-refractivity contribution in [1.29, 1.82) is 0 Å². The van der Waals surface area contributed by atoms with E-state index in [0.29, 0.717) is 11.8 Å². The maximum Gasteiger partial charge on any atom is 0.220 e. The number of benzene rings is 4. The Labute approximate surface area is 179 Å². The first-order valence-corrected chi connectivity index (χ1v) is 10.4. The highest BCUT2D eigenvalue weighted by Gasteiger charge is 2.19. The number of aromatic nitrogens is 1. The molecule has 4 nitrogen and oxygen atoms in total. The molecule has 1 aromatic heterocycles. The number of hydrogen-bond donors (Lipinski definition) is 1. The van der Waals surface area contributed by atoms with E-state index < -0.39 is 0 Å². The molecule has 0 fully saturated rings. The van der Waals surface area contributed by atoms with Crippen molar-refractivity contribution in [3.05, 3.63) is 96.2 Å². The van der Waals surface area contributed by atoms with Crippen molar-refractivity contribution in [2.24, 2.45) is 0 Å². The van der Waals surface area contributed by atoms with E-state index in [1.165, 1.54) is 5.39 Å². The molecule has 2 heterocycles. The number of hydrogen-bond acceptors (Lipinski definition) is 4. The van der Waals surface area contributed by atoms with Gasteiger partial charge in [-0.1, -0.05) is 61.5 Å². The fourth-order valence-electron chi connectivity index (χ4n) is 4.06. The zero-order chi connectivity index (χ0) is 20.8. The van der Waals surface area contributed by atoms with E-state index in [9.17, 15) is 0 Å². The van der Waals surface area contributed by atoms with Gasteiger partial charge in [-0.3, -0.25) is 0 Å².